The molecule has 3 heteroatoms. The summed E-state index contributed by atoms with van der Waals surface area (Å²) < 4.78 is 0. The molecule has 0 saturated carbocycles. The van der Waals surface area contributed by atoms with Gasteiger partial charge in [0.25, 0.3) is 0 Å². The summed E-state index contributed by atoms with van der Waals surface area (Å²) in [7, 11) is 0. The summed E-state index contributed by atoms with van der Waals surface area (Å²) >= 11 is 3.96. The Bertz CT molecular complexity index is 295. The lowest BCUT2D eigenvalue weighted by molar-refractivity contribution is 0.474. The second kappa shape index (κ2) is 4.99. The van der Waals surface area contributed by atoms with Crippen molar-refractivity contribution in [3.05, 3.63) is 24.3 Å². The van der Waals surface area contributed by atoms with Gasteiger partial charge in [0, 0.05) is 10.1 Å². The summed E-state index contributed by atoms with van der Waals surface area (Å²) in [6.45, 7) is 0. The molecular formula is C11H14OS2. The van der Waals surface area contributed by atoms with E-state index in [0.717, 1.165) is 5.25 Å². The SMILES string of the molecule is Oc1cccc(SC2CCSCC2)c1. The van der Waals surface area contributed by atoms with Crippen molar-refractivity contribution in [3.63, 3.8) is 0 Å². The van der Waals surface area contributed by atoms with Crippen molar-refractivity contribution in [3.8, 4) is 5.75 Å². The molecule has 1 nitrogen and oxygen atoms in total. The van der Waals surface area contributed by atoms with E-state index in [1.165, 1.54) is 29.2 Å². The molecule has 0 spiro atoms. The molecule has 0 amide bonds. The standard InChI is InChI=1S/C11H14OS2/c12-9-2-1-3-11(8-9)14-10-4-6-13-7-5-10/h1-3,8,10,12H,4-7H2. The predicted molar refractivity (Wildman–Crippen MR) is 64.3 cm³/mol. The average molecular weight is 226 g/mol. The molecule has 0 aliphatic carbocycles. The Morgan fingerprint density at radius 1 is 1.29 bits per heavy atom. The molecule has 1 fully saturated rings. The highest BCUT2D eigenvalue weighted by Gasteiger charge is 2.14. The third-order valence-electron chi connectivity index (χ3n) is 2.29. The highest BCUT2D eigenvalue weighted by atomic mass is 32.2. The van der Waals surface area contributed by atoms with Crippen LogP contribution in [-0.4, -0.2) is 21.9 Å². The Kier molecular flexibility index (Phi) is 3.65. The zero-order chi connectivity index (χ0) is 9.80. The Hall–Kier alpha value is -0.280. The zero-order valence-corrected chi connectivity index (χ0v) is 9.61. The molecule has 1 aliphatic heterocycles. The summed E-state index contributed by atoms with van der Waals surface area (Å²) in [6.07, 6.45) is 2.59. The first kappa shape index (κ1) is 10.2. The van der Waals surface area contributed by atoms with Crippen LogP contribution in [-0.2, 0) is 0 Å². The third kappa shape index (κ3) is 2.85. The average Bonchev–Trinajstić information content (AvgIpc) is 2.19. The number of rotatable bonds is 2. The van der Waals surface area contributed by atoms with Gasteiger partial charge in [0.1, 0.15) is 5.75 Å². The van der Waals surface area contributed by atoms with Crippen molar-refractivity contribution >= 4 is 23.5 Å². The molecular weight excluding hydrogens is 212 g/mol. The van der Waals surface area contributed by atoms with Crippen molar-refractivity contribution in [1.82, 2.24) is 0 Å². The number of phenols is 1. The first-order valence-corrected chi connectivity index (χ1v) is 6.91. The lowest BCUT2D eigenvalue weighted by Gasteiger charge is -2.20. The van der Waals surface area contributed by atoms with E-state index >= 15 is 0 Å². The number of benzene rings is 1. The number of thioether (sulfide) groups is 2. The second-order valence-corrected chi connectivity index (χ2v) is 6.03. The van der Waals surface area contributed by atoms with Crippen LogP contribution in [0.2, 0.25) is 0 Å². The van der Waals surface area contributed by atoms with Crippen LogP contribution in [0, 0.1) is 0 Å². The Balaban J connectivity index is 1.95. The lowest BCUT2D eigenvalue weighted by Crippen LogP contribution is -2.10. The van der Waals surface area contributed by atoms with Gasteiger partial charge < -0.3 is 5.11 Å². The normalized spacial score (nSPS) is 18.3. The quantitative estimate of drug-likeness (QED) is 0.835. The van der Waals surface area contributed by atoms with Crippen molar-refractivity contribution in [2.24, 2.45) is 0 Å². The molecule has 0 atom stereocenters. The predicted octanol–water partition coefficient (Wildman–Crippen LogP) is 3.38. The fourth-order valence-corrected chi connectivity index (χ4v) is 4.15. The monoisotopic (exact) mass is 226 g/mol. The molecule has 1 saturated heterocycles. The first-order valence-electron chi connectivity index (χ1n) is 4.88. The lowest BCUT2D eigenvalue weighted by atomic mass is 10.2. The molecule has 1 aromatic rings. The molecule has 1 aliphatic rings. The fraction of sp³-hybridized carbons (Fsp3) is 0.455. The van der Waals surface area contributed by atoms with Gasteiger partial charge in [0.05, 0.1) is 0 Å². The van der Waals surface area contributed by atoms with E-state index in [1.54, 1.807) is 6.07 Å². The van der Waals surface area contributed by atoms with Crippen LogP contribution in [0.15, 0.2) is 29.2 Å². The summed E-state index contributed by atoms with van der Waals surface area (Å²) in [5, 5.41) is 10.1. The Labute approximate surface area is 93.3 Å². The molecule has 2 rings (SSSR count). The van der Waals surface area contributed by atoms with E-state index in [0.29, 0.717) is 5.75 Å². The molecule has 1 N–H and O–H groups in total. The topological polar surface area (TPSA) is 20.2 Å². The van der Waals surface area contributed by atoms with Gasteiger partial charge in [-0.15, -0.1) is 11.8 Å². The summed E-state index contributed by atoms with van der Waals surface area (Å²) in [5.41, 5.74) is 0. The minimum absolute atomic E-state index is 0.375. The number of hydrogen-bond acceptors (Lipinski definition) is 3. The maximum absolute atomic E-state index is 9.33. The fourth-order valence-electron chi connectivity index (χ4n) is 1.54. The van der Waals surface area contributed by atoms with E-state index < -0.39 is 0 Å². The second-order valence-electron chi connectivity index (χ2n) is 3.43. The van der Waals surface area contributed by atoms with E-state index in [2.05, 4.69) is 6.07 Å². The number of phenolic OH excluding ortho intramolecular Hbond substituents is 1. The number of aromatic hydroxyl groups is 1. The summed E-state index contributed by atoms with van der Waals surface area (Å²) in [4.78, 5) is 1.20. The van der Waals surface area contributed by atoms with Gasteiger partial charge >= 0.3 is 0 Å². The van der Waals surface area contributed by atoms with Crippen LogP contribution in [0.3, 0.4) is 0 Å². The minimum Gasteiger partial charge on any atom is -0.508 e. The van der Waals surface area contributed by atoms with E-state index in [9.17, 15) is 5.11 Å². The highest BCUT2D eigenvalue weighted by molar-refractivity contribution is 8.01. The van der Waals surface area contributed by atoms with Crippen LogP contribution in [0.1, 0.15) is 12.8 Å². The van der Waals surface area contributed by atoms with Gasteiger partial charge in [-0.2, -0.15) is 11.8 Å². The Morgan fingerprint density at radius 3 is 2.79 bits per heavy atom. The van der Waals surface area contributed by atoms with Crippen molar-refractivity contribution in [2.75, 3.05) is 11.5 Å². The summed E-state index contributed by atoms with van der Waals surface area (Å²) in [6, 6.07) is 7.56. The molecule has 14 heavy (non-hydrogen) atoms. The molecule has 0 radical (unpaired) electrons. The molecule has 1 heterocycles. The summed E-state index contributed by atoms with van der Waals surface area (Å²) in [5.74, 6) is 2.95. The van der Waals surface area contributed by atoms with Crippen LogP contribution in [0.5, 0.6) is 5.75 Å². The molecule has 0 unspecified atom stereocenters. The van der Waals surface area contributed by atoms with E-state index in [1.807, 2.05) is 35.7 Å². The van der Waals surface area contributed by atoms with E-state index in [-0.39, 0.29) is 0 Å². The Morgan fingerprint density at radius 2 is 2.07 bits per heavy atom. The van der Waals surface area contributed by atoms with Crippen LogP contribution in [0.25, 0.3) is 0 Å². The van der Waals surface area contributed by atoms with Gasteiger partial charge in [-0.25, -0.2) is 0 Å². The van der Waals surface area contributed by atoms with Gasteiger partial charge in [-0.3, -0.25) is 0 Å². The molecule has 1 aromatic carbocycles. The van der Waals surface area contributed by atoms with Crippen molar-refractivity contribution in [2.45, 2.75) is 23.0 Å². The van der Waals surface area contributed by atoms with Gasteiger partial charge in [-0.05, 0) is 42.5 Å². The minimum atomic E-state index is 0.375. The molecule has 0 aromatic heterocycles. The van der Waals surface area contributed by atoms with Crippen LogP contribution in [0.4, 0.5) is 0 Å². The van der Waals surface area contributed by atoms with E-state index in [4.69, 9.17) is 0 Å². The number of hydrogen-bond donors (Lipinski definition) is 1. The van der Waals surface area contributed by atoms with Gasteiger partial charge in [0.15, 0.2) is 0 Å². The molecule has 0 bridgehead atoms. The zero-order valence-electron chi connectivity index (χ0n) is 7.98. The largest absolute Gasteiger partial charge is 0.508 e. The molecule has 76 valence electrons. The third-order valence-corrected chi connectivity index (χ3v) is 4.67. The maximum Gasteiger partial charge on any atom is 0.116 e. The first-order chi connectivity index (χ1) is 6.84. The maximum atomic E-state index is 9.33. The highest BCUT2D eigenvalue weighted by Crippen LogP contribution is 2.33. The van der Waals surface area contributed by atoms with Gasteiger partial charge in [0.2, 0.25) is 0 Å². The van der Waals surface area contributed by atoms with Crippen LogP contribution >= 0.6 is 23.5 Å². The van der Waals surface area contributed by atoms with Gasteiger partial charge in [-0.1, -0.05) is 6.07 Å². The van der Waals surface area contributed by atoms with Crippen LogP contribution < -0.4 is 0 Å². The van der Waals surface area contributed by atoms with Crippen molar-refractivity contribution < 1.29 is 5.11 Å². The van der Waals surface area contributed by atoms with Crippen molar-refractivity contribution in [1.29, 1.82) is 0 Å². The smallest absolute Gasteiger partial charge is 0.116 e.